The molecule has 2 atom stereocenters. The molecule has 0 aliphatic heterocycles. The number of rotatable bonds is 68. The van der Waals surface area contributed by atoms with Crippen LogP contribution in [-0.2, 0) is 32.7 Å². The SMILES string of the molecule is CC/C=C\C/C=C\C/C=C\C/C=C\C/C=C\C/C=C\C/C=C\C/C=C\C/C=C\C/C=C\C/C=C\C/C=C\CCCCC(=O)OC(COC(=O)CCCCCCCCCCCCCCCCCCCCCC/C=C\C/C=C\C/C=C\C/C=C\CC)COP(=O)(O)OCC[N+](C)(C)C. The van der Waals surface area contributed by atoms with Crippen LogP contribution in [0.1, 0.15) is 284 Å². The first kappa shape index (κ1) is 90.8. The maximum atomic E-state index is 12.9. The van der Waals surface area contributed by atoms with Crippen molar-refractivity contribution in [1.29, 1.82) is 0 Å². The van der Waals surface area contributed by atoms with Gasteiger partial charge in [-0.3, -0.25) is 18.6 Å². The zero-order valence-electron chi connectivity index (χ0n) is 61.8. The summed E-state index contributed by atoms with van der Waals surface area (Å²) in [5.74, 6) is -0.854. The number of quaternary nitrogens is 1. The molecule has 0 fully saturated rings. The third-order valence-electron chi connectivity index (χ3n) is 15.6. The van der Waals surface area contributed by atoms with Crippen LogP contribution in [0.3, 0.4) is 0 Å². The molecule has 0 aromatic heterocycles. The predicted molar refractivity (Wildman–Crippen MR) is 417 cm³/mol. The van der Waals surface area contributed by atoms with Gasteiger partial charge in [0.15, 0.2) is 6.10 Å². The van der Waals surface area contributed by atoms with Crippen LogP contribution in [0.25, 0.3) is 0 Å². The Hall–Kier alpha value is -5.15. The van der Waals surface area contributed by atoms with Gasteiger partial charge in [0, 0.05) is 12.8 Å². The minimum atomic E-state index is -4.42. The number of esters is 2. The fourth-order valence-electron chi connectivity index (χ4n) is 9.87. The summed E-state index contributed by atoms with van der Waals surface area (Å²) in [6, 6.07) is 0. The van der Waals surface area contributed by atoms with Crippen LogP contribution < -0.4 is 0 Å². The largest absolute Gasteiger partial charge is 0.472 e. The molecule has 0 spiro atoms. The van der Waals surface area contributed by atoms with Gasteiger partial charge in [-0.2, -0.15) is 0 Å². The van der Waals surface area contributed by atoms with Gasteiger partial charge in [0.1, 0.15) is 19.8 Å². The lowest BCUT2D eigenvalue weighted by Gasteiger charge is -2.24. The van der Waals surface area contributed by atoms with Gasteiger partial charge in [-0.05, 0) is 141 Å². The fourth-order valence-corrected chi connectivity index (χ4v) is 10.6. The van der Waals surface area contributed by atoms with E-state index in [1.807, 2.05) is 21.1 Å². The number of allylic oxidation sites excluding steroid dienone is 32. The molecule has 0 aliphatic carbocycles. The maximum Gasteiger partial charge on any atom is 0.472 e. The van der Waals surface area contributed by atoms with Gasteiger partial charge in [0.2, 0.25) is 0 Å². The van der Waals surface area contributed by atoms with Gasteiger partial charge in [-0.1, -0.05) is 324 Å². The van der Waals surface area contributed by atoms with Crippen molar-refractivity contribution in [2.75, 3.05) is 47.5 Å². The third kappa shape index (κ3) is 77.9. The average Bonchev–Trinajstić information content (AvgIpc) is 1.98. The third-order valence-corrected chi connectivity index (χ3v) is 16.6. The summed E-state index contributed by atoms with van der Waals surface area (Å²) in [5, 5.41) is 0. The van der Waals surface area contributed by atoms with E-state index in [4.69, 9.17) is 18.5 Å². The fraction of sp³-hybridized carbons (Fsp3) is 0.605. The lowest BCUT2D eigenvalue weighted by atomic mass is 10.0. The molecule has 0 radical (unpaired) electrons. The molecule has 2 unspecified atom stereocenters. The average molecular weight is 1350 g/mol. The highest BCUT2D eigenvalue weighted by atomic mass is 31.2. The van der Waals surface area contributed by atoms with Crippen LogP contribution in [0, 0.1) is 0 Å². The van der Waals surface area contributed by atoms with E-state index < -0.39 is 26.5 Å². The lowest BCUT2D eigenvalue weighted by molar-refractivity contribution is -0.870. The smallest absolute Gasteiger partial charge is 0.462 e. The Kier molecular flexibility index (Phi) is 70.1. The molecule has 10 heteroatoms. The Morgan fingerprint density at radius 2 is 0.562 bits per heavy atom. The monoisotopic (exact) mass is 1350 g/mol. The highest BCUT2D eigenvalue weighted by Crippen LogP contribution is 2.43. The van der Waals surface area contributed by atoms with Gasteiger partial charge in [0.25, 0.3) is 0 Å². The van der Waals surface area contributed by atoms with Crippen LogP contribution in [0.4, 0.5) is 0 Å². The molecule has 0 heterocycles. The van der Waals surface area contributed by atoms with E-state index in [2.05, 4.69) is 208 Å². The van der Waals surface area contributed by atoms with Crippen LogP contribution in [0.15, 0.2) is 194 Å². The second kappa shape index (κ2) is 74.1. The van der Waals surface area contributed by atoms with Crippen molar-refractivity contribution in [2.24, 2.45) is 0 Å². The predicted octanol–water partition coefficient (Wildman–Crippen LogP) is 25.6. The Bertz CT molecular complexity index is 2330. The zero-order valence-corrected chi connectivity index (χ0v) is 62.7. The number of hydrogen-bond acceptors (Lipinski definition) is 7. The summed E-state index contributed by atoms with van der Waals surface area (Å²) < 4.78 is 34.7. The molecule has 0 saturated heterocycles. The normalized spacial score (nSPS) is 14.2. The summed E-state index contributed by atoms with van der Waals surface area (Å²) in [5.41, 5.74) is 0. The van der Waals surface area contributed by atoms with E-state index in [-0.39, 0.29) is 32.0 Å². The second-order valence-electron chi connectivity index (χ2n) is 25.9. The first-order chi connectivity index (χ1) is 47.0. The minimum Gasteiger partial charge on any atom is -0.462 e. The number of hydrogen-bond donors (Lipinski definition) is 1. The summed E-state index contributed by atoms with van der Waals surface area (Å²) >= 11 is 0. The van der Waals surface area contributed by atoms with E-state index in [1.165, 1.54) is 116 Å². The van der Waals surface area contributed by atoms with Gasteiger partial charge < -0.3 is 18.9 Å². The molecule has 0 aliphatic rings. The number of likely N-dealkylation sites (N-methyl/N-ethyl adjacent to an activating group) is 1. The molecule has 96 heavy (non-hydrogen) atoms. The Morgan fingerprint density at radius 1 is 0.323 bits per heavy atom. The molecule has 0 aromatic rings. The number of ether oxygens (including phenoxy) is 2. The molecule has 0 aromatic carbocycles. The zero-order chi connectivity index (χ0) is 69.7. The topological polar surface area (TPSA) is 108 Å². The minimum absolute atomic E-state index is 0.0142. The van der Waals surface area contributed by atoms with Gasteiger partial charge >= 0.3 is 19.8 Å². The van der Waals surface area contributed by atoms with E-state index in [1.54, 1.807) is 0 Å². The Balaban J connectivity index is 4.14. The molecule has 0 saturated carbocycles. The molecule has 9 nitrogen and oxygen atoms in total. The number of phosphoric acid groups is 1. The second-order valence-corrected chi connectivity index (χ2v) is 27.4. The molecule has 0 rings (SSSR count). The number of phosphoric ester groups is 1. The van der Waals surface area contributed by atoms with Gasteiger partial charge in [0.05, 0.1) is 27.7 Å². The lowest BCUT2D eigenvalue weighted by Crippen LogP contribution is -2.37. The summed E-state index contributed by atoms with van der Waals surface area (Å²) in [7, 11) is 1.43. The molecular formula is C86H141NO8P+. The van der Waals surface area contributed by atoms with E-state index >= 15 is 0 Å². The van der Waals surface area contributed by atoms with Crippen LogP contribution in [0.5, 0.6) is 0 Å². The number of carbonyl (C=O) groups excluding carboxylic acids is 2. The van der Waals surface area contributed by atoms with Crippen molar-refractivity contribution in [1.82, 2.24) is 0 Å². The van der Waals surface area contributed by atoms with Crippen molar-refractivity contribution < 1.29 is 42.1 Å². The van der Waals surface area contributed by atoms with Crippen LogP contribution in [-0.4, -0.2) is 74.9 Å². The van der Waals surface area contributed by atoms with Crippen molar-refractivity contribution in [3.8, 4) is 0 Å². The summed E-state index contributed by atoms with van der Waals surface area (Å²) in [4.78, 5) is 35.9. The Morgan fingerprint density at radius 3 is 0.854 bits per heavy atom. The van der Waals surface area contributed by atoms with Crippen LogP contribution in [0.2, 0.25) is 0 Å². The first-order valence-electron chi connectivity index (χ1n) is 38.2. The standard InChI is InChI=1S/C86H140NO8P/c1-6-8-10-12-14-16-18-20-22-24-26-28-30-32-34-36-38-40-41-42-43-44-45-47-49-51-53-55-57-59-61-63-65-67-69-71-73-75-77-79-86(89)95-84(83-94-96(90,91)93-81-80-87(3,4)5)82-92-85(88)78-76-74-72-70-68-66-64-62-60-58-56-54-52-50-48-46-39-37-35-33-31-29-27-25-23-21-19-17-15-13-11-9-7-2/h8-11,14-17,20-23,26-29,32,34,38,40,42-43,45,47,51,53,57,59,63,65,69,71,84H,6-7,12-13,18-19,24-25,30-31,33,35-37,39,41,44,46,48-50,52,54-56,58,60-62,64,66-68,70,72-83H2,1-5H3/p+1/b10-8-,11-9-,16-14-,17-15-,22-20-,23-21-,28-26-,29-27-,34-32-,40-38-,43-42-,47-45-,53-51-,59-57-,65-63-,71-69-. The highest BCUT2D eigenvalue weighted by Gasteiger charge is 2.27. The van der Waals surface area contributed by atoms with Crippen molar-refractivity contribution in [3.05, 3.63) is 194 Å². The molecule has 0 bridgehead atoms. The van der Waals surface area contributed by atoms with Crippen molar-refractivity contribution >= 4 is 19.8 Å². The maximum absolute atomic E-state index is 12.9. The van der Waals surface area contributed by atoms with E-state index in [9.17, 15) is 19.0 Å². The summed E-state index contributed by atoms with van der Waals surface area (Å²) in [6.45, 7) is 4.15. The first-order valence-corrected chi connectivity index (χ1v) is 39.7. The quantitative estimate of drug-likeness (QED) is 0.0211. The highest BCUT2D eigenvalue weighted by molar-refractivity contribution is 7.47. The van der Waals surface area contributed by atoms with Crippen molar-refractivity contribution in [2.45, 2.75) is 290 Å². The van der Waals surface area contributed by atoms with Crippen LogP contribution >= 0.6 is 7.82 Å². The Labute approximate surface area is 590 Å². The molecule has 0 amide bonds. The van der Waals surface area contributed by atoms with Gasteiger partial charge in [-0.15, -0.1) is 0 Å². The van der Waals surface area contributed by atoms with Gasteiger partial charge in [-0.25, -0.2) is 4.57 Å². The van der Waals surface area contributed by atoms with E-state index in [0.29, 0.717) is 17.4 Å². The van der Waals surface area contributed by atoms with Crippen molar-refractivity contribution in [3.63, 3.8) is 0 Å². The molecular weight excluding hydrogens is 1210 g/mol. The molecule has 1 N–H and O–H groups in total. The summed E-state index contributed by atoms with van der Waals surface area (Å²) in [6.07, 6.45) is 116. The molecule has 542 valence electrons. The van der Waals surface area contributed by atoms with E-state index in [0.717, 1.165) is 135 Å². The number of unbranched alkanes of at least 4 members (excludes halogenated alkanes) is 22. The number of carbonyl (C=O) groups is 2. The number of nitrogens with zero attached hydrogens (tertiary/aromatic N) is 1.